The van der Waals surface area contributed by atoms with E-state index in [1.54, 1.807) is 0 Å². The van der Waals surface area contributed by atoms with Crippen LogP contribution in [0.25, 0.3) is 0 Å². The Morgan fingerprint density at radius 1 is 1.57 bits per heavy atom. The largest absolute Gasteiger partial charge is 0.352 e. The van der Waals surface area contributed by atoms with Crippen LogP contribution in [0.3, 0.4) is 0 Å². The topological polar surface area (TPSA) is 55.1 Å². The molecule has 2 atom stereocenters. The predicted molar refractivity (Wildman–Crippen MR) is 58.5 cm³/mol. The summed E-state index contributed by atoms with van der Waals surface area (Å²) in [7, 11) is 0. The Morgan fingerprint density at radius 3 is 2.43 bits per heavy atom. The molecule has 0 aromatic carbocycles. The molecular formula is C11H20N2O. The fourth-order valence-corrected chi connectivity index (χ4v) is 0.757. The first kappa shape index (κ1) is 13.0. The molecule has 2 unspecified atom stereocenters. The van der Waals surface area contributed by atoms with Crippen molar-refractivity contribution in [3.05, 3.63) is 0 Å². The number of terminal acetylenes is 1. The monoisotopic (exact) mass is 196 g/mol. The van der Waals surface area contributed by atoms with Crippen molar-refractivity contribution >= 4 is 5.91 Å². The van der Waals surface area contributed by atoms with Crippen molar-refractivity contribution in [1.82, 2.24) is 5.32 Å². The molecule has 0 bridgehead atoms. The zero-order valence-electron chi connectivity index (χ0n) is 9.42. The van der Waals surface area contributed by atoms with Crippen LogP contribution in [0.15, 0.2) is 0 Å². The standard InChI is InChI=1S/C11H20N2O/c1-6-7-9(12)10(14)13-8(2)11(3,4)5/h1,8-9H,7,12H2,2-5H3,(H,13,14). The molecule has 0 fully saturated rings. The van der Waals surface area contributed by atoms with Crippen molar-refractivity contribution in [2.45, 2.75) is 46.2 Å². The molecule has 0 aliphatic carbocycles. The van der Waals surface area contributed by atoms with Crippen molar-refractivity contribution in [3.63, 3.8) is 0 Å². The first-order valence-electron chi connectivity index (χ1n) is 4.78. The fraction of sp³-hybridized carbons (Fsp3) is 0.727. The van der Waals surface area contributed by atoms with Crippen molar-refractivity contribution in [1.29, 1.82) is 0 Å². The van der Waals surface area contributed by atoms with Gasteiger partial charge in [-0.1, -0.05) is 20.8 Å². The van der Waals surface area contributed by atoms with Crippen LogP contribution in [-0.4, -0.2) is 18.0 Å². The van der Waals surface area contributed by atoms with Crippen LogP contribution < -0.4 is 11.1 Å². The van der Waals surface area contributed by atoms with Gasteiger partial charge in [0.15, 0.2) is 0 Å². The van der Waals surface area contributed by atoms with Crippen LogP contribution in [0.5, 0.6) is 0 Å². The van der Waals surface area contributed by atoms with Gasteiger partial charge in [0, 0.05) is 12.5 Å². The summed E-state index contributed by atoms with van der Waals surface area (Å²) >= 11 is 0. The Bertz CT molecular complexity index is 235. The Balaban J connectivity index is 4.14. The van der Waals surface area contributed by atoms with E-state index in [1.807, 2.05) is 6.92 Å². The zero-order chi connectivity index (χ0) is 11.4. The minimum Gasteiger partial charge on any atom is -0.352 e. The molecule has 80 valence electrons. The van der Waals surface area contributed by atoms with Gasteiger partial charge in [-0.3, -0.25) is 4.79 Å². The van der Waals surface area contributed by atoms with Gasteiger partial charge in [-0.25, -0.2) is 0 Å². The average molecular weight is 196 g/mol. The van der Waals surface area contributed by atoms with Gasteiger partial charge in [0.2, 0.25) is 5.91 Å². The molecule has 0 aromatic rings. The molecule has 0 saturated carbocycles. The lowest BCUT2D eigenvalue weighted by molar-refractivity contribution is -0.123. The van der Waals surface area contributed by atoms with Crippen LogP contribution in [-0.2, 0) is 4.79 Å². The molecule has 3 nitrogen and oxygen atoms in total. The maximum Gasteiger partial charge on any atom is 0.238 e. The van der Waals surface area contributed by atoms with Gasteiger partial charge in [0.05, 0.1) is 6.04 Å². The third-order valence-corrected chi connectivity index (χ3v) is 2.33. The van der Waals surface area contributed by atoms with Gasteiger partial charge in [-0.15, -0.1) is 12.3 Å². The SMILES string of the molecule is C#CCC(N)C(=O)NC(C)C(C)(C)C. The van der Waals surface area contributed by atoms with Crippen LogP contribution in [0.4, 0.5) is 0 Å². The molecule has 1 amide bonds. The first-order chi connectivity index (χ1) is 6.29. The lowest BCUT2D eigenvalue weighted by Crippen LogP contribution is -2.48. The molecule has 14 heavy (non-hydrogen) atoms. The third-order valence-electron chi connectivity index (χ3n) is 2.33. The predicted octanol–water partition coefficient (Wildman–Crippen LogP) is 0.888. The Kier molecular flexibility index (Phi) is 4.65. The third kappa shape index (κ3) is 4.29. The summed E-state index contributed by atoms with van der Waals surface area (Å²) in [5.74, 6) is 2.20. The number of amides is 1. The molecule has 0 saturated heterocycles. The van der Waals surface area contributed by atoms with Crippen molar-refractivity contribution in [3.8, 4) is 12.3 Å². The number of hydrogen-bond donors (Lipinski definition) is 2. The van der Waals surface area contributed by atoms with E-state index in [0.29, 0.717) is 0 Å². The summed E-state index contributed by atoms with van der Waals surface area (Å²) in [6.07, 6.45) is 5.35. The normalized spacial score (nSPS) is 15.4. The molecule has 3 N–H and O–H groups in total. The Labute approximate surface area is 86.4 Å². The second kappa shape index (κ2) is 5.02. The minimum absolute atomic E-state index is 0.0333. The number of nitrogens with one attached hydrogen (secondary N) is 1. The number of nitrogens with two attached hydrogens (primary N) is 1. The second-order valence-corrected chi connectivity index (χ2v) is 4.61. The maximum absolute atomic E-state index is 11.5. The Morgan fingerprint density at radius 2 is 2.07 bits per heavy atom. The molecule has 0 aliphatic rings. The first-order valence-corrected chi connectivity index (χ1v) is 4.78. The maximum atomic E-state index is 11.5. The summed E-state index contributed by atoms with van der Waals surface area (Å²) in [6.45, 7) is 8.14. The number of rotatable bonds is 3. The molecule has 0 radical (unpaired) electrons. The van der Waals surface area contributed by atoms with Crippen LogP contribution in [0.2, 0.25) is 0 Å². The van der Waals surface area contributed by atoms with E-state index >= 15 is 0 Å². The molecule has 0 aromatic heterocycles. The van der Waals surface area contributed by atoms with E-state index in [-0.39, 0.29) is 23.8 Å². The number of carbonyl (C=O) groups is 1. The Hall–Kier alpha value is -1.01. The van der Waals surface area contributed by atoms with Gasteiger partial charge < -0.3 is 11.1 Å². The van der Waals surface area contributed by atoms with Crippen LogP contribution in [0.1, 0.15) is 34.1 Å². The quantitative estimate of drug-likeness (QED) is 0.659. The van der Waals surface area contributed by atoms with Crippen molar-refractivity contribution in [2.75, 3.05) is 0 Å². The fourth-order valence-electron chi connectivity index (χ4n) is 0.757. The zero-order valence-corrected chi connectivity index (χ0v) is 9.42. The van der Waals surface area contributed by atoms with E-state index in [0.717, 1.165) is 0 Å². The van der Waals surface area contributed by atoms with Crippen molar-refractivity contribution < 1.29 is 4.79 Å². The molecule has 3 heteroatoms. The lowest BCUT2D eigenvalue weighted by atomic mass is 9.88. The second-order valence-electron chi connectivity index (χ2n) is 4.61. The van der Waals surface area contributed by atoms with Crippen LogP contribution in [0, 0.1) is 17.8 Å². The molecular weight excluding hydrogens is 176 g/mol. The van der Waals surface area contributed by atoms with Gasteiger partial charge in [-0.2, -0.15) is 0 Å². The highest BCUT2D eigenvalue weighted by Gasteiger charge is 2.23. The molecule has 0 heterocycles. The smallest absolute Gasteiger partial charge is 0.238 e. The summed E-state index contributed by atoms with van der Waals surface area (Å²) in [5, 5.41) is 2.84. The van der Waals surface area contributed by atoms with Crippen molar-refractivity contribution in [2.24, 2.45) is 11.1 Å². The molecule has 0 spiro atoms. The number of hydrogen-bond acceptors (Lipinski definition) is 2. The molecule has 0 aliphatic heterocycles. The van der Waals surface area contributed by atoms with E-state index in [9.17, 15) is 4.79 Å². The molecule has 0 rings (SSSR count). The van der Waals surface area contributed by atoms with E-state index in [2.05, 4.69) is 32.0 Å². The van der Waals surface area contributed by atoms with Gasteiger partial charge in [0.25, 0.3) is 0 Å². The number of carbonyl (C=O) groups excluding carboxylic acids is 1. The highest BCUT2D eigenvalue weighted by atomic mass is 16.2. The van der Waals surface area contributed by atoms with Gasteiger partial charge in [-0.05, 0) is 12.3 Å². The highest BCUT2D eigenvalue weighted by molar-refractivity contribution is 5.82. The lowest BCUT2D eigenvalue weighted by Gasteiger charge is -2.28. The summed E-state index contributed by atoms with van der Waals surface area (Å²) in [6, 6.07) is -0.511. The minimum atomic E-state index is -0.593. The van der Waals surface area contributed by atoms with E-state index in [1.165, 1.54) is 0 Å². The summed E-state index contributed by atoms with van der Waals surface area (Å²) in [5.41, 5.74) is 5.60. The highest BCUT2D eigenvalue weighted by Crippen LogP contribution is 2.18. The summed E-state index contributed by atoms with van der Waals surface area (Å²) in [4.78, 5) is 11.5. The average Bonchev–Trinajstić information content (AvgIpc) is 2.02. The van der Waals surface area contributed by atoms with Crippen LogP contribution >= 0.6 is 0 Å². The summed E-state index contributed by atoms with van der Waals surface area (Å²) < 4.78 is 0. The van der Waals surface area contributed by atoms with Gasteiger partial charge >= 0.3 is 0 Å². The van der Waals surface area contributed by atoms with Gasteiger partial charge in [0.1, 0.15) is 0 Å². The van der Waals surface area contributed by atoms with E-state index in [4.69, 9.17) is 12.2 Å². The van der Waals surface area contributed by atoms with E-state index < -0.39 is 6.04 Å².